The lowest BCUT2D eigenvalue weighted by molar-refractivity contribution is -0.158. The van der Waals surface area contributed by atoms with E-state index >= 15 is 0 Å². The summed E-state index contributed by atoms with van der Waals surface area (Å²) < 4.78 is 9.19. The third kappa shape index (κ3) is 4.53. The van der Waals surface area contributed by atoms with Gasteiger partial charge in [0.2, 0.25) is 0 Å². The Morgan fingerprint density at radius 3 is 2.10 bits per heavy atom. The molecule has 0 aliphatic heterocycles. The molecular weight excluding hydrogens is 256 g/mol. The zero-order valence-electron chi connectivity index (χ0n) is 12.1. The Morgan fingerprint density at radius 2 is 1.65 bits per heavy atom. The van der Waals surface area contributed by atoms with Gasteiger partial charge in [0.25, 0.3) is 0 Å². The van der Waals surface area contributed by atoms with Crippen LogP contribution in [0, 0.1) is 5.92 Å². The molecule has 0 aliphatic carbocycles. The second-order valence-electron chi connectivity index (χ2n) is 4.33. The largest absolute Gasteiger partial charge is 0.468 e. The van der Waals surface area contributed by atoms with Gasteiger partial charge >= 0.3 is 11.9 Å². The summed E-state index contributed by atoms with van der Waals surface area (Å²) >= 11 is 0. The van der Waals surface area contributed by atoms with Gasteiger partial charge in [-0.15, -0.1) is 0 Å². The van der Waals surface area contributed by atoms with Crippen molar-refractivity contribution in [2.24, 2.45) is 5.92 Å². The topological polar surface area (TPSA) is 52.6 Å². The first-order valence-corrected chi connectivity index (χ1v) is 6.53. The molecule has 0 spiro atoms. The minimum Gasteiger partial charge on any atom is -0.468 e. The summed E-state index contributed by atoms with van der Waals surface area (Å²) in [5.74, 6) is -2.07. The predicted molar refractivity (Wildman–Crippen MR) is 77.0 cm³/mol. The molecule has 1 aromatic carbocycles. The highest BCUT2D eigenvalue weighted by Gasteiger charge is 2.26. The SMILES string of the molecule is CCc1ccc(/C=C/CC(C(=O)OC)C(=O)OC)cc1. The summed E-state index contributed by atoms with van der Waals surface area (Å²) in [6.45, 7) is 2.10. The highest BCUT2D eigenvalue weighted by molar-refractivity contribution is 5.95. The van der Waals surface area contributed by atoms with E-state index in [0.29, 0.717) is 0 Å². The van der Waals surface area contributed by atoms with Crippen LogP contribution in [-0.4, -0.2) is 26.2 Å². The lowest BCUT2D eigenvalue weighted by atomic mass is 10.0. The van der Waals surface area contributed by atoms with Crippen molar-refractivity contribution >= 4 is 18.0 Å². The van der Waals surface area contributed by atoms with Gasteiger partial charge in [-0.05, 0) is 24.0 Å². The van der Waals surface area contributed by atoms with E-state index in [2.05, 4.69) is 28.5 Å². The van der Waals surface area contributed by atoms with Crippen molar-refractivity contribution in [2.45, 2.75) is 19.8 Å². The molecule has 20 heavy (non-hydrogen) atoms. The number of hydrogen-bond acceptors (Lipinski definition) is 4. The van der Waals surface area contributed by atoms with Gasteiger partial charge in [-0.25, -0.2) is 0 Å². The lowest BCUT2D eigenvalue weighted by Gasteiger charge is -2.09. The molecule has 0 bridgehead atoms. The normalized spacial score (nSPS) is 10.8. The molecule has 1 aromatic rings. The molecule has 0 saturated heterocycles. The zero-order valence-corrected chi connectivity index (χ0v) is 12.1. The number of ether oxygens (including phenoxy) is 2. The Balaban J connectivity index is 2.68. The van der Waals surface area contributed by atoms with Crippen LogP contribution < -0.4 is 0 Å². The minimum absolute atomic E-state index is 0.259. The Morgan fingerprint density at radius 1 is 1.10 bits per heavy atom. The third-order valence-electron chi connectivity index (χ3n) is 3.04. The fourth-order valence-electron chi connectivity index (χ4n) is 1.78. The monoisotopic (exact) mass is 276 g/mol. The van der Waals surface area contributed by atoms with E-state index in [9.17, 15) is 9.59 Å². The van der Waals surface area contributed by atoms with Crippen molar-refractivity contribution in [1.82, 2.24) is 0 Å². The van der Waals surface area contributed by atoms with Crippen LogP contribution in [0.4, 0.5) is 0 Å². The quantitative estimate of drug-likeness (QED) is 0.592. The molecule has 108 valence electrons. The van der Waals surface area contributed by atoms with E-state index in [-0.39, 0.29) is 6.42 Å². The number of carbonyl (C=O) groups excluding carboxylic acids is 2. The number of methoxy groups -OCH3 is 2. The number of benzene rings is 1. The van der Waals surface area contributed by atoms with E-state index in [1.165, 1.54) is 19.8 Å². The number of rotatable bonds is 6. The first-order valence-electron chi connectivity index (χ1n) is 6.53. The molecule has 0 aliphatic rings. The number of esters is 2. The van der Waals surface area contributed by atoms with Crippen LogP contribution in [0.3, 0.4) is 0 Å². The summed E-state index contributed by atoms with van der Waals surface area (Å²) in [5.41, 5.74) is 2.29. The van der Waals surface area contributed by atoms with E-state index < -0.39 is 17.9 Å². The molecule has 4 nitrogen and oxygen atoms in total. The van der Waals surface area contributed by atoms with Gasteiger partial charge in [-0.1, -0.05) is 43.3 Å². The van der Waals surface area contributed by atoms with Crippen LogP contribution in [-0.2, 0) is 25.5 Å². The van der Waals surface area contributed by atoms with E-state index in [4.69, 9.17) is 0 Å². The maximum absolute atomic E-state index is 11.5. The van der Waals surface area contributed by atoms with Crippen molar-refractivity contribution in [2.75, 3.05) is 14.2 Å². The maximum atomic E-state index is 11.5. The zero-order chi connectivity index (χ0) is 15.0. The van der Waals surface area contributed by atoms with E-state index in [0.717, 1.165) is 12.0 Å². The van der Waals surface area contributed by atoms with Gasteiger partial charge in [0, 0.05) is 0 Å². The standard InChI is InChI=1S/C16H20O4/c1-4-12-8-10-13(11-9-12)6-5-7-14(15(17)19-2)16(18)20-3/h5-6,8-11,14H,4,7H2,1-3H3/b6-5+. The molecule has 0 aromatic heterocycles. The summed E-state index contributed by atoms with van der Waals surface area (Å²) in [6.07, 6.45) is 4.91. The molecule has 0 fully saturated rings. The predicted octanol–water partition coefficient (Wildman–Crippen LogP) is 2.61. The lowest BCUT2D eigenvalue weighted by Crippen LogP contribution is -2.25. The summed E-state index contributed by atoms with van der Waals surface area (Å²) in [5, 5.41) is 0. The summed E-state index contributed by atoms with van der Waals surface area (Å²) in [6, 6.07) is 8.11. The fraction of sp³-hybridized carbons (Fsp3) is 0.375. The van der Waals surface area contributed by atoms with Crippen molar-refractivity contribution in [3.8, 4) is 0 Å². The molecule has 0 unspecified atom stereocenters. The fourth-order valence-corrected chi connectivity index (χ4v) is 1.78. The highest BCUT2D eigenvalue weighted by Crippen LogP contribution is 2.12. The van der Waals surface area contributed by atoms with Crippen molar-refractivity contribution in [3.63, 3.8) is 0 Å². The second kappa shape index (κ2) is 8.15. The van der Waals surface area contributed by atoms with Crippen LogP contribution in [0.15, 0.2) is 30.3 Å². The van der Waals surface area contributed by atoms with Crippen LogP contribution in [0.25, 0.3) is 6.08 Å². The molecule has 1 rings (SSSR count). The Bertz CT molecular complexity index is 458. The molecule has 4 heteroatoms. The number of allylic oxidation sites excluding steroid dienone is 1. The van der Waals surface area contributed by atoms with Crippen LogP contribution in [0.1, 0.15) is 24.5 Å². The first-order chi connectivity index (χ1) is 9.62. The van der Waals surface area contributed by atoms with Crippen molar-refractivity contribution < 1.29 is 19.1 Å². The number of hydrogen-bond donors (Lipinski definition) is 0. The summed E-state index contributed by atoms with van der Waals surface area (Å²) in [7, 11) is 2.51. The van der Waals surface area contributed by atoms with E-state index in [1.54, 1.807) is 6.08 Å². The Kier molecular flexibility index (Phi) is 6.50. The van der Waals surface area contributed by atoms with Crippen molar-refractivity contribution in [1.29, 1.82) is 0 Å². The van der Waals surface area contributed by atoms with Gasteiger partial charge < -0.3 is 9.47 Å². The Hall–Kier alpha value is -2.10. The molecular formula is C16H20O4. The second-order valence-corrected chi connectivity index (χ2v) is 4.33. The smallest absolute Gasteiger partial charge is 0.320 e. The maximum Gasteiger partial charge on any atom is 0.320 e. The molecule has 0 heterocycles. The van der Waals surface area contributed by atoms with Crippen molar-refractivity contribution in [3.05, 3.63) is 41.5 Å². The number of carbonyl (C=O) groups is 2. The van der Waals surface area contributed by atoms with Gasteiger partial charge in [-0.2, -0.15) is 0 Å². The van der Waals surface area contributed by atoms with Gasteiger partial charge in [0.15, 0.2) is 5.92 Å². The summed E-state index contributed by atoms with van der Waals surface area (Å²) in [4.78, 5) is 23.0. The average Bonchev–Trinajstić information content (AvgIpc) is 2.50. The Labute approximate surface area is 119 Å². The number of aryl methyl sites for hydroxylation is 1. The molecule has 0 amide bonds. The van der Waals surface area contributed by atoms with Gasteiger partial charge in [-0.3, -0.25) is 9.59 Å². The van der Waals surface area contributed by atoms with Crippen LogP contribution in [0.2, 0.25) is 0 Å². The highest BCUT2D eigenvalue weighted by atomic mass is 16.5. The van der Waals surface area contributed by atoms with Gasteiger partial charge in [0.05, 0.1) is 14.2 Å². The first kappa shape index (κ1) is 16.0. The molecule has 0 radical (unpaired) electrons. The van der Waals surface area contributed by atoms with Gasteiger partial charge in [0.1, 0.15) is 0 Å². The van der Waals surface area contributed by atoms with Crippen LogP contribution >= 0.6 is 0 Å². The third-order valence-corrected chi connectivity index (χ3v) is 3.04. The minimum atomic E-state index is -0.906. The van der Waals surface area contributed by atoms with Crippen LogP contribution in [0.5, 0.6) is 0 Å². The van der Waals surface area contributed by atoms with E-state index in [1.807, 2.05) is 18.2 Å². The molecule has 0 atom stereocenters. The average molecular weight is 276 g/mol. The molecule has 0 N–H and O–H groups in total. The molecule has 0 saturated carbocycles.